The highest BCUT2D eigenvalue weighted by Crippen LogP contribution is 2.22. The molecule has 0 aromatic heterocycles. The molecule has 1 aromatic rings. The summed E-state index contributed by atoms with van der Waals surface area (Å²) in [5.74, 6) is 0.612. The monoisotopic (exact) mass is 204 g/mol. The summed E-state index contributed by atoms with van der Waals surface area (Å²) in [6.07, 6.45) is 1.28. The average molecular weight is 204 g/mol. The van der Waals surface area contributed by atoms with Crippen LogP contribution in [0.2, 0.25) is 0 Å². The Morgan fingerprint density at radius 3 is 2.67 bits per heavy atom. The molecule has 0 radical (unpaired) electrons. The summed E-state index contributed by atoms with van der Waals surface area (Å²) >= 11 is 0. The van der Waals surface area contributed by atoms with E-state index in [0.29, 0.717) is 12.0 Å². The number of rotatable bonds is 4. The molecular formula is C13H20N2. The molecular weight excluding hydrogens is 184 g/mol. The number of nitrogens with two attached hydrogens (primary N) is 1. The quantitative estimate of drug-likeness (QED) is 0.810. The molecule has 82 valence electrons. The Kier molecular flexibility index (Phi) is 3.39. The smallest absolute Gasteiger partial charge is 0.0230 e. The first-order chi connectivity index (χ1) is 7.31. The maximum atomic E-state index is 5.70. The Bertz CT molecular complexity index is 295. The summed E-state index contributed by atoms with van der Waals surface area (Å²) in [5, 5.41) is 0. The Labute approximate surface area is 92.1 Å². The number of benzene rings is 1. The Morgan fingerprint density at radius 1 is 1.40 bits per heavy atom. The van der Waals surface area contributed by atoms with Crippen molar-refractivity contribution in [3.63, 3.8) is 0 Å². The molecule has 0 aliphatic carbocycles. The second-order valence-corrected chi connectivity index (χ2v) is 4.48. The first kappa shape index (κ1) is 10.7. The molecule has 0 spiro atoms. The van der Waals surface area contributed by atoms with Crippen LogP contribution in [-0.4, -0.2) is 30.6 Å². The van der Waals surface area contributed by atoms with E-state index in [4.69, 9.17) is 5.73 Å². The zero-order valence-electron chi connectivity index (χ0n) is 9.39. The van der Waals surface area contributed by atoms with Gasteiger partial charge in [-0.1, -0.05) is 37.3 Å². The van der Waals surface area contributed by atoms with E-state index >= 15 is 0 Å². The van der Waals surface area contributed by atoms with Gasteiger partial charge in [0.15, 0.2) is 0 Å². The van der Waals surface area contributed by atoms with E-state index in [1.165, 1.54) is 18.5 Å². The minimum atomic E-state index is 0.612. The summed E-state index contributed by atoms with van der Waals surface area (Å²) in [7, 11) is 0. The van der Waals surface area contributed by atoms with Crippen LogP contribution in [0.4, 0.5) is 0 Å². The molecule has 1 aliphatic heterocycles. The van der Waals surface area contributed by atoms with Gasteiger partial charge in [-0.05, 0) is 17.9 Å². The van der Waals surface area contributed by atoms with Crippen LogP contribution in [0.1, 0.15) is 24.8 Å². The van der Waals surface area contributed by atoms with Crippen molar-refractivity contribution >= 4 is 0 Å². The lowest BCUT2D eigenvalue weighted by atomic mass is 9.96. The third kappa shape index (κ3) is 2.39. The maximum absolute atomic E-state index is 5.70. The third-order valence-corrected chi connectivity index (χ3v) is 3.41. The van der Waals surface area contributed by atoms with Crippen LogP contribution in [0.25, 0.3) is 0 Å². The summed E-state index contributed by atoms with van der Waals surface area (Å²) in [6, 6.07) is 11.4. The van der Waals surface area contributed by atoms with Gasteiger partial charge in [0.2, 0.25) is 0 Å². The van der Waals surface area contributed by atoms with Crippen molar-refractivity contribution in [2.24, 2.45) is 5.73 Å². The minimum Gasteiger partial charge on any atom is -0.329 e. The van der Waals surface area contributed by atoms with E-state index in [-0.39, 0.29) is 0 Å². The largest absolute Gasteiger partial charge is 0.329 e. The Hall–Kier alpha value is -0.860. The molecule has 2 rings (SSSR count). The van der Waals surface area contributed by atoms with Gasteiger partial charge in [-0.3, -0.25) is 4.90 Å². The van der Waals surface area contributed by atoms with Gasteiger partial charge in [0.25, 0.3) is 0 Å². The van der Waals surface area contributed by atoms with E-state index in [1.54, 1.807) is 0 Å². The molecule has 15 heavy (non-hydrogen) atoms. The second-order valence-electron chi connectivity index (χ2n) is 4.48. The van der Waals surface area contributed by atoms with E-state index < -0.39 is 0 Å². The van der Waals surface area contributed by atoms with Crippen molar-refractivity contribution in [2.45, 2.75) is 25.3 Å². The number of hydrogen-bond donors (Lipinski definition) is 1. The van der Waals surface area contributed by atoms with Crippen molar-refractivity contribution in [3.05, 3.63) is 35.9 Å². The summed E-state index contributed by atoms with van der Waals surface area (Å²) in [4.78, 5) is 2.50. The normalized spacial score (nSPS) is 23.5. The lowest BCUT2D eigenvalue weighted by molar-refractivity contribution is 0.0907. The van der Waals surface area contributed by atoms with Crippen molar-refractivity contribution < 1.29 is 0 Å². The number of likely N-dealkylation sites (tertiary alicyclic amines) is 1. The zero-order chi connectivity index (χ0) is 10.7. The highest BCUT2D eigenvalue weighted by Gasteiger charge is 2.27. The first-order valence-electron chi connectivity index (χ1n) is 5.80. The average Bonchev–Trinajstić information content (AvgIpc) is 2.26. The summed E-state index contributed by atoms with van der Waals surface area (Å²) < 4.78 is 0. The fourth-order valence-electron chi connectivity index (χ4n) is 2.24. The molecule has 2 unspecified atom stereocenters. The van der Waals surface area contributed by atoms with Crippen molar-refractivity contribution in [3.8, 4) is 0 Å². The Morgan fingerprint density at radius 2 is 2.13 bits per heavy atom. The van der Waals surface area contributed by atoms with Gasteiger partial charge in [-0.2, -0.15) is 0 Å². The van der Waals surface area contributed by atoms with Crippen LogP contribution >= 0.6 is 0 Å². The van der Waals surface area contributed by atoms with Gasteiger partial charge in [-0.25, -0.2) is 0 Å². The first-order valence-corrected chi connectivity index (χ1v) is 5.80. The zero-order valence-corrected chi connectivity index (χ0v) is 9.39. The Balaban J connectivity index is 1.90. The lowest BCUT2D eigenvalue weighted by Gasteiger charge is -2.41. The van der Waals surface area contributed by atoms with Gasteiger partial charge in [-0.15, -0.1) is 0 Å². The van der Waals surface area contributed by atoms with Crippen molar-refractivity contribution in [1.82, 2.24) is 4.90 Å². The molecule has 1 fully saturated rings. The van der Waals surface area contributed by atoms with E-state index in [0.717, 1.165) is 13.1 Å². The molecule has 2 heteroatoms. The number of nitrogens with zero attached hydrogens (tertiary/aromatic N) is 1. The topological polar surface area (TPSA) is 29.3 Å². The predicted molar refractivity (Wildman–Crippen MR) is 63.9 cm³/mol. The molecule has 1 aromatic carbocycles. The highest BCUT2D eigenvalue weighted by molar-refractivity contribution is 5.19. The van der Waals surface area contributed by atoms with Gasteiger partial charge < -0.3 is 5.73 Å². The standard InChI is InChI=1S/C13H20N2/c1-11(12-5-3-2-4-6-12)10-15-8-7-13(15)9-14/h2-6,11,13H,7-10,14H2,1H3. The molecule has 0 bridgehead atoms. The predicted octanol–water partition coefficient (Wildman–Crippen LogP) is 1.82. The van der Waals surface area contributed by atoms with Gasteiger partial charge in [0, 0.05) is 25.7 Å². The molecule has 2 nitrogen and oxygen atoms in total. The summed E-state index contributed by atoms with van der Waals surface area (Å²) in [5.41, 5.74) is 7.13. The van der Waals surface area contributed by atoms with Crippen LogP contribution in [0.15, 0.2) is 30.3 Å². The van der Waals surface area contributed by atoms with Gasteiger partial charge in [0.05, 0.1) is 0 Å². The molecule has 2 N–H and O–H groups in total. The van der Waals surface area contributed by atoms with E-state index in [1.807, 2.05) is 0 Å². The summed E-state index contributed by atoms with van der Waals surface area (Å²) in [6.45, 7) is 5.47. The van der Waals surface area contributed by atoms with Gasteiger partial charge in [0.1, 0.15) is 0 Å². The lowest BCUT2D eigenvalue weighted by Crippen LogP contribution is -2.52. The van der Waals surface area contributed by atoms with Crippen LogP contribution in [0.5, 0.6) is 0 Å². The van der Waals surface area contributed by atoms with Gasteiger partial charge >= 0.3 is 0 Å². The molecule has 0 amide bonds. The fraction of sp³-hybridized carbons (Fsp3) is 0.538. The second kappa shape index (κ2) is 4.77. The molecule has 1 saturated heterocycles. The van der Waals surface area contributed by atoms with Crippen molar-refractivity contribution in [1.29, 1.82) is 0 Å². The maximum Gasteiger partial charge on any atom is 0.0230 e. The molecule has 2 atom stereocenters. The van der Waals surface area contributed by atoms with Crippen molar-refractivity contribution in [2.75, 3.05) is 19.6 Å². The van der Waals surface area contributed by atoms with Crippen LogP contribution in [0.3, 0.4) is 0 Å². The van der Waals surface area contributed by atoms with Crippen LogP contribution in [0, 0.1) is 0 Å². The minimum absolute atomic E-state index is 0.612. The molecule has 1 aliphatic rings. The third-order valence-electron chi connectivity index (χ3n) is 3.41. The van der Waals surface area contributed by atoms with E-state index in [2.05, 4.69) is 42.2 Å². The highest BCUT2D eigenvalue weighted by atomic mass is 15.2. The van der Waals surface area contributed by atoms with E-state index in [9.17, 15) is 0 Å². The fourth-order valence-corrected chi connectivity index (χ4v) is 2.24. The van der Waals surface area contributed by atoms with Crippen LogP contribution in [-0.2, 0) is 0 Å². The number of hydrogen-bond acceptors (Lipinski definition) is 2. The molecule has 0 saturated carbocycles. The molecule has 1 heterocycles. The van der Waals surface area contributed by atoms with Crippen LogP contribution < -0.4 is 5.73 Å². The SMILES string of the molecule is CC(CN1CCC1CN)c1ccccc1.